The van der Waals surface area contributed by atoms with Crippen LogP contribution in [0, 0.1) is 0 Å². The molecule has 0 radical (unpaired) electrons. The maximum absolute atomic E-state index is 11.1. The molecule has 5 atom stereocenters. The highest BCUT2D eigenvalue weighted by atomic mass is 16.6. The summed E-state index contributed by atoms with van der Waals surface area (Å²) >= 11 is 0. The molecule has 1 fully saturated rings. The van der Waals surface area contributed by atoms with Gasteiger partial charge in [0.1, 0.15) is 24.4 Å². The van der Waals surface area contributed by atoms with Gasteiger partial charge in [0, 0.05) is 14.0 Å². The number of hydrogen-bond donors (Lipinski definition) is 4. The van der Waals surface area contributed by atoms with E-state index in [0.717, 1.165) is 4.90 Å². The molecule has 1 aliphatic heterocycles. The molecule has 0 spiro atoms. The van der Waals surface area contributed by atoms with Gasteiger partial charge < -0.3 is 30.1 Å². The predicted octanol–water partition coefficient (Wildman–Crippen LogP) is -2.74. The lowest BCUT2D eigenvalue weighted by atomic mass is 9.96. The van der Waals surface area contributed by atoms with Crippen LogP contribution in [0.4, 0.5) is 0 Å². The highest BCUT2D eigenvalue weighted by Crippen LogP contribution is 2.23. The van der Waals surface area contributed by atoms with Crippen molar-refractivity contribution in [1.82, 2.24) is 4.90 Å². The minimum absolute atomic E-state index is 0.374. The van der Waals surface area contributed by atoms with Crippen LogP contribution in [-0.2, 0) is 9.53 Å². The van der Waals surface area contributed by atoms with Crippen molar-refractivity contribution in [3.63, 3.8) is 0 Å². The molecule has 7 heteroatoms. The average Bonchev–Trinajstić information content (AvgIpc) is 2.23. The third-order valence-corrected chi connectivity index (χ3v) is 2.81. The van der Waals surface area contributed by atoms with Crippen LogP contribution in [0.15, 0.2) is 0 Å². The topological polar surface area (TPSA) is 110 Å². The Morgan fingerprint density at radius 1 is 1.31 bits per heavy atom. The Hall–Kier alpha value is -0.730. The Morgan fingerprint density at radius 3 is 2.31 bits per heavy atom. The second kappa shape index (κ2) is 5.07. The van der Waals surface area contributed by atoms with Crippen molar-refractivity contribution in [2.45, 2.75) is 37.6 Å². The summed E-state index contributed by atoms with van der Waals surface area (Å²) in [6.45, 7) is 0.746. The van der Waals surface area contributed by atoms with Gasteiger partial charge in [-0.2, -0.15) is 0 Å². The van der Waals surface area contributed by atoms with Crippen molar-refractivity contribution in [1.29, 1.82) is 0 Å². The summed E-state index contributed by atoms with van der Waals surface area (Å²) in [4.78, 5) is 12.2. The fraction of sp³-hybridized carbons (Fsp3) is 0.889. The van der Waals surface area contributed by atoms with Crippen molar-refractivity contribution in [2.75, 3.05) is 13.7 Å². The number of carbonyl (C=O) groups is 1. The molecule has 1 saturated heterocycles. The largest absolute Gasteiger partial charge is 0.394 e. The van der Waals surface area contributed by atoms with Gasteiger partial charge >= 0.3 is 0 Å². The molecule has 1 amide bonds. The molecule has 0 bridgehead atoms. The number of rotatable bonds is 2. The van der Waals surface area contributed by atoms with Gasteiger partial charge in [-0.3, -0.25) is 4.79 Å². The molecule has 1 rings (SSSR count). The smallest absolute Gasteiger partial charge is 0.219 e. The molecule has 1 aliphatic rings. The average molecular weight is 235 g/mol. The minimum atomic E-state index is -1.44. The molecule has 1 heterocycles. The van der Waals surface area contributed by atoms with E-state index in [0.29, 0.717) is 0 Å². The second-order valence-corrected chi connectivity index (χ2v) is 3.85. The number of amides is 1. The van der Waals surface area contributed by atoms with Crippen LogP contribution in [0.1, 0.15) is 6.92 Å². The van der Waals surface area contributed by atoms with Gasteiger partial charge in [-0.1, -0.05) is 0 Å². The second-order valence-electron chi connectivity index (χ2n) is 3.85. The molecule has 0 aromatic carbocycles. The number of nitrogens with zero attached hydrogens (tertiary/aromatic N) is 1. The number of hydrogen-bond acceptors (Lipinski definition) is 6. The number of aliphatic hydroxyl groups excluding tert-OH is 4. The Morgan fingerprint density at radius 2 is 1.88 bits per heavy atom. The molecule has 4 N–H and O–H groups in total. The van der Waals surface area contributed by atoms with Gasteiger partial charge in [-0.25, -0.2) is 0 Å². The lowest BCUT2D eigenvalue weighted by molar-refractivity contribution is -0.268. The maximum atomic E-state index is 11.1. The standard InChI is InChI=1S/C9H17NO6/c1-4(12)10(2)6-8(14)7(13)5(3-11)16-9(6)15/h5-9,11,13-15H,3H2,1-2H3. The summed E-state index contributed by atoms with van der Waals surface area (Å²) in [6.07, 6.45) is -5.21. The normalized spacial score (nSPS) is 39.5. The third kappa shape index (κ3) is 2.33. The number of carbonyl (C=O) groups excluding carboxylic acids is 1. The summed E-state index contributed by atoms with van der Waals surface area (Å²) in [7, 11) is 1.38. The van der Waals surface area contributed by atoms with Crippen molar-refractivity contribution in [3.05, 3.63) is 0 Å². The van der Waals surface area contributed by atoms with Gasteiger partial charge in [0.05, 0.1) is 6.61 Å². The van der Waals surface area contributed by atoms with Gasteiger partial charge in [-0.15, -0.1) is 0 Å². The van der Waals surface area contributed by atoms with E-state index >= 15 is 0 Å². The third-order valence-electron chi connectivity index (χ3n) is 2.81. The Balaban J connectivity index is 2.83. The van der Waals surface area contributed by atoms with Crippen LogP contribution in [0.3, 0.4) is 0 Å². The van der Waals surface area contributed by atoms with Crippen LogP contribution < -0.4 is 0 Å². The molecule has 0 aromatic heterocycles. The zero-order chi connectivity index (χ0) is 12.5. The lowest BCUT2D eigenvalue weighted by Gasteiger charge is -2.43. The molecule has 0 aromatic rings. The fourth-order valence-corrected chi connectivity index (χ4v) is 1.71. The molecule has 94 valence electrons. The first-order valence-electron chi connectivity index (χ1n) is 4.94. The number of likely N-dealkylation sites (N-methyl/N-ethyl adjacent to an activating group) is 1. The number of aliphatic hydroxyl groups is 4. The van der Waals surface area contributed by atoms with Crippen LogP contribution >= 0.6 is 0 Å². The van der Waals surface area contributed by atoms with Crippen molar-refractivity contribution >= 4 is 5.91 Å². The van der Waals surface area contributed by atoms with Crippen LogP contribution in [0.25, 0.3) is 0 Å². The summed E-state index contributed by atoms with van der Waals surface area (Å²) in [5, 5.41) is 37.7. The zero-order valence-corrected chi connectivity index (χ0v) is 9.15. The molecular weight excluding hydrogens is 218 g/mol. The molecule has 0 saturated carbocycles. The van der Waals surface area contributed by atoms with Gasteiger partial charge in [0.2, 0.25) is 5.91 Å². The van der Waals surface area contributed by atoms with Gasteiger partial charge in [0.25, 0.3) is 0 Å². The van der Waals surface area contributed by atoms with Crippen LogP contribution in [0.2, 0.25) is 0 Å². The Kier molecular flexibility index (Phi) is 4.22. The van der Waals surface area contributed by atoms with E-state index < -0.39 is 37.3 Å². The van der Waals surface area contributed by atoms with Crippen molar-refractivity contribution < 1.29 is 30.0 Å². The van der Waals surface area contributed by atoms with E-state index in [9.17, 15) is 20.1 Å². The SMILES string of the molecule is CC(=O)N(C)C1C(O)OC(CO)C(O)C1O. The Bertz CT molecular complexity index is 260. The summed E-state index contributed by atoms with van der Waals surface area (Å²) in [5.74, 6) is -0.374. The first kappa shape index (κ1) is 13.3. The lowest BCUT2D eigenvalue weighted by Crippen LogP contribution is -2.64. The minimum Gasteiger partial charge on any atom is -0.394 e. The first-order valence-corrected chi connectivity index (χ1v) is 4.94. The molecule has 16 heavy (non-hydrogen) atoms. The highest BCUT2D eigenvalue weighted by molar-refractivity contribution is 5.73. The van der Waals surface area contributed by atoms with E-state index in [2.05, 4.69) is 0 Å². The summed E-state index contributed by atoms with van der Waals surface area (Å²) < 4.78 is 4.90. The highest BCUT2D eigenvalue weighted by Gasteiger charge is 2.46. The quantitative estimate of drug-likeness (QED) is 0.413. The predicted molar refractivity (Wildman–Crippen MR) is 52.2 cm³/mol. The van der Waals surface area contributed by atoms with Gasteiger partial charge in [-0.05, 0) is 0 Å². The van der Waals surface area contributed by atoms with E-state index in [4.69, 9.17) is 9.84 Å². The summed E-state index contributed by atoms with van der Waals surface area (Å²) in [5.41, 5.74) is 0. The fourth-order valence-electron chi connectivity index (χ4n) is 1.71. The Labute approximate surface area is 92.9 Å². The first-order chi connectivity index (χ1) is 7.40. The van der Waals surface area contributed by atoms with Crippen molar-refractivity contribution in [3.8, 4) is 0 Å². The zero-order valence-electron chi connectivity index (χ0n) is 9.15. The van der Waals surface area contributed by atoms with E-state index in [-0.39, 0.29) is 5.91 Å². The molecule has 7 nitrogen and oxygen atoms in total. The molecule has 0 aliphatic carbocycles. The van der Waals surface area contributed by atoms with Crippen LogP contribution in [0.5, 0.6) is 0 Å². The number of ether oxygens (including phenoxy) is 1. The van der Waals surface area contributed by atoms with Crippen LogP contribution in [-0.4, -0.2) is 75.5 Å². The summed E-state index contributed by atoms with van der Waals surface area (Å²) in [6, 6.07) is -1.05. The van der Waals surface area contributed by atoms with E-state index in [1.54, 1.807) is 0 Å². The van der Waals surface area contributed by atoms with Gasteiger partial charge in [0.15, 0.2) is 6.29 Å². The van der Waals surface area contributed by atoms with E-state index in [1.807, 2.05) is 0 Å². The van der Waals surface area contributed by atoms with E-state index in [1.165, 1.54) is 14.0 Å². The molecular formula is C9H17NO6. The maximum Gasteiger partial charge on any atom is 0.219 e. The monoisotopic (exact) mass is 235 g/mol. The molecule has 5 unspecified atom stereocenters. The van der Waals surface area contributed by atoms with Crippen molar-refractivity contribution in [2.24, 2.45) is 0 Å².